The molecule has 3 aliphatic rings. The van der Waals surface area contributed by atoms with E-state index in [1.54, 1.807) is 33.9 Å². The lowest BCUT2D eigenvalue weighted by atomic mass is 9.91. The van der Waals surface area contributed by atoms with Gasteiger partial charge in [0.2, 0.25) is 0 Å². The molecule has 16 nitrogen and oxygen atoms in total. The first kappa shape index (κ1) is 41.8. The third-order valence-electron chi connectivity index (χ3n) is 9.80. The van der Waals surface area contributed by atoms with Crippen LogP contribution in [0.5, 0.6) is 17.2 Å². The van der Waals surface area contributed by atoms with Gasteiger partial charge in [0.25, 0.3) is 5.91 Å². The Morgan fingerprint density at radius 2 is 1.46 bits per heavy atom. The van der Waals surface area contributed by atoms with Gasteiger partial charge in [0.1, 0.15) is 34.3 Å². The number of aliphatic hydroxyl groups excluding tert-OH is 1. The highest BCUT2D eigenvalue weighted by atomic mass is 16.7. The van der Waals surface area contributed by atoms with E-state index in [-0.39, 0.29) is 31.2 Å². The summed E-state index contributed by atoms with van der Waals surface area (Å²) in [5, 5.41) is 29.6. The van der Waals surface area contributed by atoms with Gasteiger partial charge in [-0.05, 0) is 101 Å². The number of hydrogen-bond donors (Lipinski definition) is 5. The van der Waals surface area contributed by atoms with Gasteiger partial charge >= 0.3 is 12.1 Å². The molecule has 2 amide bonds. The smallest absolute Gasteiger partial charge is 0.410 e. The Hall–Kier alpha value is -5.35. The number of benzene rings is 1. The number of fused-ring (bicyclic) bond motifs is 1. The number of pyridine rings is 2. The Morgan fingerprint density at radius 3 is 1.98 bits per heavy atom. The summed E-state index contributed by atoms with van der Waals surface area (Å²) < 4.78 is 26.5. The number of aliphatic hydroxyl groups is 1. The van der Waals surface area contributed by atoms with Gasteiger partial charge in [-0.2, -0.15) is 0 Å². The van der Waals surface area contributed by atoms with Gasteiger partial charge < -0.3 is 49.8 Å². The normalized spacial score (nSPS) is 17.1. The predicted octanol–water partition coefficient (Wildman–Crippen LogP) is 5.24. The molecule has 1 aromatic carbocycles. The SMILES string of the molecule is COCOc1ccc2c(c1)CN(C(=O)OC(C)(C)C)C([C@H](O)CNC(=O)c1cc(NC3CCC3)ncc1OC)C2.COc1cnc(NC2CCC2)cc1C(=O)O. The van der Waals surface area contributed by atoms with E-state index in [0.29, 0.717) is 47.2 Å². The van der Waals surface area contributed by atoms with Gasteiger partial charge in [-0.25, -0.2) is 19.6 Å². The third kappa shape index (κ3) is 11.1. The Morgan fingerprint density at radius 1 is 0.875 bits per heavy atom. The van der Waals surface area contributed by atoms with Crippen molar-refractivity contribution in [3.63, 3.8) is 0 Å². The molecule has 2 saturated carbocycles. The predicted molar refractivity (Wildman–Crippen MR) is 208 cm³/mol. The summed E-state index contributed by atoms with van der Waals surface area (Å²) in [7, 11) is 4.46. The van der Waals surface area contributed by atoms with E-state index in [9.17, 15) is 19.5 Å². The van der Waals surface area contributed by atoms with Gasteiger partial charge in [-0.3, -0.25) is 9.69 Å². The molecule has 1 aliphatic heterocycles. The standard InChI is InChI=1S/C29H40N4O7.C11H14N2O3/c1-29(2,3)40-28(36)33-16-19-11-21(39-17-37-4)10-9-18(19)12-23(33)24(34)14-31-27(35)22-13-26(30-15-25(22)38-5)32-20-7-6-8-20;1-16-9-6-12-10(5-8(9)11(14)15)13-7-3-2-4-7/h9-11,13,15,20,23-24,34H,6-8,12,14,16-17H2,1-5H3,(H,30,32)(H,31,35);5-7H,2-4H2,1H3,(H,12,13)(H,14,15)/t23?,24-;/m1./s1. The average molecular weight is 779 g/mol. The van der Waals surface area contributed by atoms with Gasteiger partial charge in [0, 0.05) is 32.3 Å². The van der Waals surface area contributed by atoms with Crippen LogP contribution in [0.3, 0.4) is 0 Å². The molecular weight excluding hydrogens is 724 g/mol. The molecule has 3 heterocycles. The lowest BCUT2D eigenvalue weighted by Gasteiger charge is -2.40. The number of nitrogens with one attached hydrogen (secondary N) is 3. The number of carbonyl (C=O) groups excluding carboxylic acids is 2. The molecule has 2 atom stereocenters. The largest absolute Gasteiger partial charge is 0.494 e. The number of aromatic nitrogens is 2. The Labute approximate surface area is 327 Å². The molecule has 6 rings (SSSR count). The van der Waals surface area contributed by atoms with Crippen LogP contribution >= 0.6 is 0 Å². The lowest BCUT2D eigenvalue weighted by molar-refractivity contribution is -0.0114. The van der Waals surface area contributed by atoms with Gasteiger partial charge in [-0.15, -0.1) is 0 Å². The van der Waals surface area contributed by atoms with E-state index in [0.717, 1.165) is 36.8 Å². The number of ether oxygens (including phenoxy) is 5. The van der Waals surface area contributed by atoms with Crippen molar-refractivity contribution >= 4 is 29.6 Å². The minimum absolute atomic E-state index is 0.0793. The second-order valence-electron chi connectivity index (χ2n) is 15.0. The zero-order chi connectivity index (χ0) is 40.4. The van der Waals surface area contributed by atoms with Crippen LogP contribution in [0.15, 0.2) is 42.7 Å². The molecule has 2 fully saturated rings. The van der Waals surface area contributed by atoms with Crippen LogP contribution in [0.4, 0.5) is 16.4 Å². The van der Waals surface area contributed by atoms with Crippen LogP contribution in [0.25, 0.3) is 0 Å². The van der Waals surface area contributed by atoms with Crippen molar-refractivity contribution in [2.75, 3.05) is 45.3 Å². The number of anilines is 2. The topological polar surface area (TPSA) is 203 Å². The first-order chi connectivity index (χ1) is 26.8. The number of amides is 2. The summed E-state index contributed by atoms with van der Waals surface area (Å²) in [5.41, 5.74) is 1.60. The summed E-state index contributed by atoms with van der Waals surface area (Å²) >= 11 is 0. The molecule has 2 aromatic heterocycles. The zero-order valence-corrected chi connectivity index (χ0v) is 32.9. The fraction of sp³-hybridized carbons (Fsp3) is 0.525. The summed E-state index contributed by atoms with van der Waals surface area (Å²) in [5.74, 6) is 1.03. The van der Waals surface area contributed by atoms with Crippen molar-refractivity contribution in [2.24, 2.45) is 0 Å². The number of rotatable bonds is 14. The Balaban J connectivity index is 0.000000311. The van der Waals surface area contributed by atoms with Gasteiger partial charge in [0.15, 0.2) is 12.5 Å². The third-order valence-corrected chi connectivity index (χ3v) is 9.80. The Bertz CT molecular complexity index is 1830. The van der Waals surface area contributed by atoms with Crippen LogP contribution in [0, 0.1) is 0 Å². The molecule has 5 N–H and O–H groups in total. The Kier molecular flexibility index (Phi) is 14.2. The van der Waals surface area contributed by atoms with Crippen LogP contribution < -0.4 is 30.2 Å². The fourth-order valence-electron chi connectivity index (χ4n) is 6.33. The summed E-state index contributed by atoms with van der Waals surface area (Å²) in [6.45, 7) is 5.63. The van der Waals surface area contributed by atoms with Crippen LogP contribution in [0.2, 0.25) is 0 Å². The molecule has 1 unspecified atom stereocenters. The highest BCUT2D eigenvalue weighted by Gasteiger charge is 2.37. The van der Waals surface area contributed by atoms with E-state index in [2.05, 4.69) is 25.9 Å². The number of hydrogen-bond acceptors (Lipinski definition) is 13. The fourth-order valence-corrected chi connectivity index (χ4v) is 6.33. The van der Waals surface area contributed by atoms with Crippen molar-refractivity contribution < 1.29 is 48.3 Å². The van der Waals surface area contributed by atoms with E-state index in [1.807, 2.05) is 18.2 Å². The van der Waals surface area contributed by atoms with Crippen molar-refractivity contribution in [1.82, 2.24) is 20.2 Å². The minimum Gasteiger partial charge on any atom is -0.494 e. The van der Waals surface area contributed by atoms with Crippen LogP contribution in [0.1, 0.15) is 91.1 Å². The number of carboxylic acids is 1. The highest BCUT2D eigenvalue weighted by molar-refractivity contribution is 5.97. The molecule has 0 saturated heterocycles. The first-order valence-corrected chi connectivity index (χ1v) is 18.8. The molecule has 0 radical (unpaired) electrons. The van der Waals surface area contributed by atoms with Crippen molar-refractivity contribution in [2.45, 2.75) is 102 Å². The monoisotopic (exact) mass is 778 g/mol. The first-order valence-electron chi connectivity index (χ1n) is 18.8. The number of carbonyl (C=O) groups is 3. The van der Waals surface area contributed by atoms with E-state index in [1.165, 1.54) is 50.4 Å². The van der Waals surface area contributed by atoms with Crippen molar-refractivity contribution in [3.8, 4) is 17.2 Å². The summed E-state index contributed by atoms with van der Waals surface area (Å²) in [6, 6.07) is 8.95. The number of aromatic carboxylic acids is 1. The number of methoxy groups -OCH3 is 3. The van der Waals surface area contributed by atoms with E-state index >= 15 is 0 Å². The molecule has 16 heteroatoms. The average Bonchev–Trinajstić information content (AvgIpc) is 3.14. The van der Waals surface area contributed by atoms with Crippen molar-refractivity contribution in [3.05, 3.63) is 65.0 Å². The molecule has 3 aromatic rings. The molecule has 56 heavy (non-hydrogen) atoms. The molecule has 304 valence electrons. The van der Waals surface area contributed by atoms with Crippen LogP contribution in [-0.2, 0) is 22.4 Å². The second-order valence-corrected chi connectivity index (χ2v) is 15.0. The second kappa shape index (κ2) is 19.0. The van der Waals surface area contributed by atoms with E-state index < -0.39 is 35.7 Å². The minimum atomic E-state index is -1.06. The van der Waals surface area contributed by atoms with Crippen molar-refractivity contribution in [1.29, 1.82) is 0 Å². The van der Waals surface area contributed by atoms with Crippen LogP contribution in [-0.4, -0.2) is 108 Å². The summed E-state index contributed by atoms with van der Waals surface area (Å²) in [4.78, 5) is 47.3. The maximum absolute atomic E-state index is 13.2. The zero-order valence-electron chi connectivity index (χ0n) is 32.9. The summed E-state index contributed by atoms with van der Waals surface area (Å²) in [6.07, 6.45) is 8.50. The number of carboxylic acid groups (broad SMARTS) is 1. The number of nitrogens with zero attached hydrogens (tertiary/aromatic N) is 3. The maximum atomic E-state index is 13.2. The molecule has 0 spiro atoms. The molecule has 0 bridgehead atoms. The van der Waals surface area contributed by atoms with Gasteiger partial charge in [-0.1, -0.05) is 6.07 Å². The van der Waals surface area contributed by atoms with E-state index in [4.69, 9.17) is 28.8 Å². The quantitative estimate of drug-likeness (QED) is 0.133. The molecular formula is C40H54N6O10. The highest BCUT2D eigenvalue weighted by Crippen LogP contribution is 2.31. The maximum Gasteiger partial charge on any atom is 0.410 e. The molecule has 2 aliphatic carbocycles. The lowest BCUT2D eigenvalue weighted by Crippen LogP contribution is -2.54. The van der Waals surface area contributed by atoms with Gasteiger partial charge in [0.05, 0.1) is 44.3 Å².